The molecule has 2 rings (SSSR count). The van der Waals surface area contributed by atoms with Gasteiger partial charge in [-0.15, -0.1) is 0 Å². The molecule has 17 heavy (non-hydrogen) atoms. The van der Waals surface area contributed by atoms with Crippen LogP contribution in [0.1, 0.15) is 24.2 Å². The molecule has 1 aliphatic rings. The van der Waals surface area contributed by atoms with E-state index < -0.39 is 5.97 Å². The number of carbonyl (C=O) groups is 1. The Morgan fingerprint density at radius 1 is 1.29 bits per heavy atom. The first-order valence-electron chi connectivity index (χ1n) is 5.27. The summed E-state index contributed by atoms with van der Waals surface area (Å²) in [7, 11) is 0. The molecule has 0 aromatic heterocycles. The molecular weight excluding hydrogens is 261 g/mol. The lowest BCUT2D eigenvalue weighted by atomic mass is 9.84. The molecule has 1 aliphatic heterocycles. The second kappa shape index (κ2) is 4.07. The zero-order chi connectivity index (χ0) is 12.8. The summed E-state index contributed by atoms with van der Waals surface area (Å²) in [6.07, 6.45) is 0. The topological polar surface area (TPSA) is 40.5 Å². The minimum absolute atomic E-state index is 0.114. The number of nitrogens with zero attached hydrogens (tertiary/aromatic N) is 1. The number of halogens is 2. The van der Waals surface area contributed by atoms with Crippen molar-refractivity contribution in [1.29, 1.82) is 0 Å². The first-order chi connectivity index (χ1) is 7.80. The van der Waals surface area contributed by atoms with Crippen LogP contribution in [0.15, 0.2) is 12.1 Å². The van der Waals surface area contributed by atoms with Gasteiger partial charge in [-0.3, -0.25) is 0 Å². The number of rotatable bonds is 2. The number of anilines is 1. The largest absolute Gasteiger partial charge is 0.478 e. The molecule has 0 aliphatic carbocycles. The maximum Gasteiger partial charge on any atom is 0.335 e. The normalized spacial score (nSPS) is 17.8. The zero-order valence-corrected chi connectivity index (χ0v) is 11.1. The Labute approximate surface area is 110 Å². The zero-order valence-electron chi connectivity index (χ0n) is 9.63. The minimum atomic E-state index is -1.02. The predicted octanol–water partition coefficient (Wildman–Crippen LogP) is 3.54. The summed E-state index contributed by atoms with van der Waals surface area (Å²) in [6, 6.07) is 2.88. The second-order valence-electron chi connectivity index (χ2n) is 5.11. The fourth-order valence-corrected chi connectivity index (χ4v) is 2.86. The number of carboxylic acids is 1. The molecule has 1 heterocycles. The molecule has 0 amide bonds. The molecule has 1 aromatic carbocycles. The Morgan fingerprint density at radius 2 is 1.76 bits per heavy atom. The monoisotopic (exact) mass is 273 g/mol. The van der Waals surface area contributed by atoms with Crippen LogP contribution in [0.5, 0.6) is 0 Å². The molecule has 1 saturated heterocycles. The summed E-state index contributed by atoms with van der Waals surface area (Å²) in [5.74, 6) is -1.02. The molecule has 5 heteroatoms. The van der Waals surface area contributed by atoms with Crippen LogP contribution in [0.4, 0.5) is 5.69 Å². The van der Waals surface area contributed by atoms with E-state index in [0.717, 1.165) is 18.8 Å². The molecular formula is C12H13Cl2NO2. The predicted molar refractivity (Wildman–Crippen MR) is 69.4 cm³/mol. The van der Waals surface area contributed by atoms with Gasteiger partial charge in [0.05, 0.1) is 21.3 Å². The molecule has 1 fully saturated rings. The average molecular weight is 274 g/mol. The highest BCUT2D eigenvalue weighted by atomic mass is 35.5. The molecule has 0 radical (unpaired) electrons. The number of carboxylic acid groups (broad SMARTS) is 1. The molecule has 1 N–H and O–H groups in total. The van der Waals surface area contributed by atoms with Crippen LogP contribution >= 0.6 is 23.2 Å². The highest BCUT2D eigenvalue weighted by Gasteiger charge is 2.36. The van der Waals surface area contributed by atoms with Gasteiger partial charge in [0.1, 0.15) is 0 Å². The van der Waals surface area contributed by atoms with Crippen LogP contribution < -0.4 is 4.90 Å². The van der Waals surface area contributed by atoms with E-state index in [1.807, 2.05) is 0 Å². The first kappa shape index (κ1) is 12.5. The van der Waals surface area contributed by atoms with E-state index in [1.165, 1.54) is 12.1 Å². The third-order valence-electron chi connectivity index (χ3n) is 2.82. The molecule has 1 aromatic rings. The van der Waals surface area contributed by atoms with Crippen molar-refractivity contribution in [3.05, 3.63) is 27.7 Å². The van der Waals surface area contributed by atoms with Crippen molar-refractivity contribution in [2.24, 2.45) is 5.41 Å². The van der Waals surface area contributed by atoms with Gasteiger partial charge < -0.3 is 10.0 Å². The van der Waals surface area contributed by atoms with Crippen LogP contribution in [0.2, 0.25) is 10.0 Å². The fraction of sp³-hybridized carbons (Fsp3) is 0.417. The summed E-state index contributed by atoms with van der Waals surface area (Å²) in [5, 5.41) is 9.67. The van der Waals surface area contributed by atoms with Gasteiger partial charge in [-0.1, -0.05) is 37.0 Å². The number of aromatic carboxylic acids is 1. The Kier molecular flexibility index (Phi) is 3.00. The molecule has 0 bridgehead atoms. The fourth-order valence-electron chi connectivity index (χ4n) is 2.14. The lowest BCUT2D eigenvalue weighted by Crippen LogP contribution is -2.53. The Bertz CT molecular complexity index is 454. The van der Waals surface area contributed by atoms with Crippen molar-refractivity contribution in [2.75, 3.05) is 18.0 Å². The van der Waals surface area contributed by atoms with Crippen molar-refractivity contribution in [2.45, 2.75) is 13.8 Å². The van der Waals surface area contributed by atoms with Gasteiger partial charge in [-0.05, 0) is 17.5 Å². The molecule has 0 atom stereocenters. The first-order valence-corrected chi connectivity index (χ1v) is 6.03. The average Bonchev–Trinajstić information content (AvgIpc) is 2.13. The highest BCUT2D eigenvalue weighted by molar-refractivity contribution is 6.39. The van der Waals surface area contributed by atoms with Crippen LogP contribution in [-0.4, -0.2) is 24.2 Å². The summed E-state index contributed by atoms with van der Waals surface area (Å²) in [5.41, 5.74) is 1.11. The Balaban J connectivity index is 2.34. The lowest BCUT2D eigenvalue weighted by molar-refractivity contribution is 0.0697. The van der Waals surface area contributed by atoms with Crippen molar-refractivity contribution < 1.29 is 9.90 Å². The summed E-state index contributed by atoms with van der Waals surface area (Å²) >= 11 is 12.2. The quantitative estimate of drug-likeness (QED) is 0.896. The third kappa shape index (κ3) is 2.35. The van der Waals surface area contributed by atoms with Gasteiger partial charge in [0.25, 0.3) is 0 Å². The van der Waals surface area contributed by atoms with Gasteiger partial charge in [-0.25, -0.2) is 4.79 Å². The maximum absolute atomic E-state index is 10.8. The van der Waals surface area contributed by atoms with Crippen LogP contribution in [0.3, 0.4) is 0 Å². The van der Waals surface area contributed by atoms with E-state index in [4.69, 9.17) is 28.3 Å². The van der Waals surface area contributed by atoms with Gasteiger partial charge in [0, 0.05) is 13.1 Å². The van der Waals surface area contributed by atoms with Crippen LogP contribution in [-0.2, 0) is 0 Å². The number of benzene rings is 1. The van der Waals surface area contributed by atoms with E-state index in [2.05, 4.69) is 18.7 Å². The summed E-state index contributed by atoms with van der Waals surface area (Å²) in [6.45, 7) is 6.07. The Hall–Kier alpha value is -0.930. The van der Waals surface area contributed by atoms with E-state index in [9.17, 15) is 4.79 Å². The van der Waals surface area contributed by atoms with E-state index in [-0.39, 0.29) is 11.0 Å². The van der Waals surface area contributed by atoms with Gasteiger partial charge in [0.15, 0.2) is 0 Å². The third-order valence-corrected chi connectivity index (χ3v) is 3.39. The van der Waals surface area contributed by atoms with Crippen molar-refractivity contribution in [1.82, 2.24) is 0 Å². The van der Waals surface area contributed by atoms with Crippen molar-refractivity contribution in [3.8, 4) is 0 Å². The van der Waals surface area contributed by atoms with Gasteiger partial charge >= 0.3 is 5.97 Å². The maximum atomic E-state index is 10.8. The molecule has 92 valence electrons. The lowest BCUT2D eigenvalue weighted by Gasteiger charge is -2.48. The van der Waals surface area contributed by atoms with Crippen LogP contribution in [0, 0.1) is 5.41 Å². The van der Waals surface area contributed by atoms with Crippen molar-refractivity contribution >= 4 is 34.9 Å². The van der Waals surface area contributed by atoms with Gasteiger partial charge in [0.2, 0.25) is 0 Å². The minimum Gasteiger partial charge on any atom is -0.478 e. The van der Waals surface area contributed by atoms with Crippen LogP contribution in [0.25, 0.3) is 0 Å². The summed E-state index contributed by atoms with van der Waals surface area (Å²) < 4.78 is 0. The van der Waals surface area contributed by atoms with Crippen molar-refractivity contribution in [3.63, 3.8) is 0 Å². The standard InChI is InChI=1S/C12H13Cl2NO2/c1-12(2)5-15(6-12)10-8(13)3-7(11(16)17)4-9(10)14/h3-4H,5-6H2,1-2H3,(H,16,17). The molecule has 3 nitrogen and oxygen atoms in total. The second-order valence-corrected chi connectivity index (χ2v) is 5.93. The van der Waals surface area contributed by atoms with Gasteiger partial charge in [-0.2, -0.15) is 0 Å². The molecule has 0 saturated carbocycles. The summed E-state index contributed by atoms with van der Waals surface area (Å²) in [4.78, 5) is 12.9. The highest BCUT2D eigenvalue weighted by Crippen LogP contribution is 2.41. The SMILES string of the molecule is CC1(C)CN(c2c(Cl)cc(C(=O)O)cc2Cl)C1. The molecule has 0 unspecified atom stereocenters. The number of hydrogen-bond acceptors (Lipinski definition) is 2. The smallest absolute Gasteiger partial charge is 0.335 e. The Morgan fingerprint density at radius 3 is 2.12 bits per heavy atom. The van der Waals surface area contributed by atoms with E-state index in [1.54, 1.807) is 0 Å². The van der Waals surface area contributed by atoms with E-state index >= 15 is 0 Å². The van der Waals surface area contributed by atoms with E-state index in [0.29, 0.717) is 10.0 Å². The number of hydrogen-bond donors (Lipinski definition) is 1. The molecule has 0 spiro atoms.